The normalized spacial score (nSPS) is 15.0. The molecule has 0 saturated carbocycles. The van der Waals surface area contributed by atoms with Gasteiger partial charge in [0.1, 0.15) is 5.75 Å². The average Bonchev–Trinajstić information content (AvgIpc) is 3.22. The summed E-state index contributed by atoms with van der Waals surface area (Å²) < 4.78 is 5.92. The molecule has 1 heterocycles. The Morgan fingerprint density at radius 2 is 1.41 bits per heavy atom. The number of rotatable bonds is 4. The molecule has 0 bridgehead atoms. The number of benzene rings is 4. The van der Waals surface area contributed by atoms with E-state index < -0.39 is 39.2 Å². The van der Waals surface area contributed by atoms with Gasteiger partial charge in [-0.05, 0) is 58.7 Å². The van der Waals surface area contributed by atoms with Gasteiger partial charge in [0.15, 0.2) is 23.2 Å². The van der Waals surface area contributed by atoms with Crippen molar-refractivity contribution < 1.29 is 34.1 Å². The standard InChI is InChI=1S/C37H32N2O7/c1-36(2,3)25-16-21(17-26(34(25)42)37(4,5)6)35(43)46-29-12-8-9-19-13-14-27(38-31(19)29)30-32(40)23-15-20-10-7-11-28(39(44)45)22(20)18-24(23)33(30)41/h7-18,30,42H,1-6H3/p+1. The summed E-state index contributed by atoms with van der Waals surface area (Å²) in [5, 5.41) is 24.2. The van der Waals surface area contributed by atoms with Crippen LogP contribution in [0.2, 0.25) is 0 Å². The summed E-state index contributed by atoms with van der Waals surface area (Å²) in [6, 6.07) is 19.4. The van der Waals surface area contributed by atoms with E-state index in [2.05, 4.69) is 4.98 Å². The Balaban J connectivity index is 1.40. The first-order valence-electron chi connectivity index (χ1n) is 14.9. The first kappa shape index (κ1) is 30.6. The molecule has 0 radical (unpaired) electrons. The number of nitrogens with one attached hydrogen (secondary N) is 1. The predicted molar refractivity (Wildman–Crippen MR) is 173 cm³/mol. The van der Waals surface area contributed by atoms with Gasteiger partial charge in [0, 0.05) is 34.4 Å². The number of esters is 1. The summed E-state index contributed by atoms with van der Waals surface area (Å²) in [6.07, 6.45) is 0. The van der Waals surface area contributed by atoms with Crippen molar-refractivity contribution in [3.63, 3.8) is 0 Å². The fourth-order valence-corrected chi connectivity index (χ4v) is 6.08. The molecular formula is C37H33N2O7+. The lowest BCUT2D eigenvalue weighted by molar-refractivity contribution is -0.383. The average molecular weight is 618 g/mol. The molecule has 232 valence electrons. The number of H-pyrrole nitrogens is 1. The van der Waals surface area contributed by atoms with Crippen molar-refractivity contribution in [1.29, 1.82) is 0 Å². The zero-order valence-corrected chi connectivity index (χ0v) is 26.3. The van der Waals surface area contributed by atoms with Crippen LogP contribution in [0.25, 0.3) is 21.7 Å². The number of non-ortho nitro benzene ring substituents is 1. The summed E-state index contributed by atoms with van der Waals surface area (Å²) >= 11 is 0. The van der Waals surface area contributed by atoms with E-state index in [-0.39, 0.29) is 39.3 Å². The van der Waals surface area contributed by atoms with Gasteiger partial charge < -0.3 is 9.84 Å². The summed E-state index contributed by atoms with van der Waals surface area (Å²) in [5.41, 5.74) is 1.52. The van der Waals surface area contributed by atoms with Crippen molar-refractivity contribution in [3.8, 4) is 11.5 Å². The third kappa shape index (κ3) is 5.07. The lowest BCUT2D eigenvalue weighted by atomic mass is 9.78. The second-order valence-corrected chi connectivity index (χ2v) is 13.8. The zero-order chi connectivity index (χ0) is 33.3. The number of ketones is 2. The Hall–Kier alpha value is -5.44. The number of carbonyl (C=O) groups is 3. The monoisotopic (exact) mass is 617 g/mol. The number of hydrogen-bond donors (Lipinski definition) is 1. The molecule has 0 spiro atoms. The molecule has 46 heavy (non-hydrogen) atoms. The number of phenolic OH excluding ortho intramolecular Hbond substituents is 1. The van der Waals surface area contributed by atoms with E-state index in [9.17, 15) is 29.6 Å². The number of fused-ring (bicyclic) bond motifs is 3. The molecule has 2 N–H and O–H groups in total. The predicted octanol–water partition coefficient (Wildman–Crippen LogP) is 7.40. The highest BCUT2D eigenvalue weighted by Gasteiger charge is 2.44. The number of phenols is 1. The Bertz CT molecular complexity index is 2120. The molecule has 0 saturated heterocycles. The van der Waals surface area contributed by atoms with Crippen molar-refractivity contribution in [3.05, 3.63) is 116 Å². The van der Waals surface area contributed by atoms with E-state index in [1.165, 1.54) is 24.3 Å². The van der Waals surface area contributed by atoms with Gasteiger partial charge in [-0.3, -0.25) is 19.7 Å². The second kappa shape index (κ2) is 10.6. The fourth-order valence-electron chi connectivity index (χ4n) is 6.08. The number of hydrogen-bond acceptors (Lipinski definition) is 7. The van der Waals surface area contributed by atoms with E-state index in [1.54, 1.807) is 42.5 Å². The second-order valence-electron chi connectivity index (χ2n) is 13.8. The van der Waals surface area contributed by atoms with Crippen LogP contribution in [0.1, 0.15) is 95.4 Å². The number of nitrogens with zero attached hydrogens (tertiary/aromatic N) is 1. The topological polar surface area (TPSA) is 138 Å². The number of aromatic amines is 1. The van der Waals surface area contributed by atoms with Crippen LogP contribution in [-0.4, -0.2) is 27.6 Å². The molecule has 5 aromatic rings. The SMILES string of the molecule is CC(C)(C)c1cc(C(=O)Oc2cccc3ccc(C4C(=O)c5cc6cccc([N+](=O)[O-])c6cc5C4=O)[nH+]c23)cc(C(C)(C)C)c1O. The number of para-hydroxylation sites is 1. The first-order chi connectivity index (χ1) is 21.6. The Kier molecular flexibility index (Phi) is 7.03. The molecule has 4 aromatic carbocycles. The molecule has 0 aliphatic heterocycles. The van der Waals surface area contributed by atoms with Crippen molar-refractivity contribution in [2.24, 2.45) is 0 Å². The molecule has 0 amide bonds. The number of ether oxygens (including phenoxy) is 1. The lowest BCUT2D eigenvalue weighted by Crippen LogP contribution is -2.24. The van der Waals surface area contributed by atoms with Crippen molar-refractivity contribution >= 4 is 44.9 Å². The quantitative estimate of drug-likeness (QED) is 0.0729. The van der Waals surface area contributed by atoms with Crippen LogP contribution >= 0.6 is 0 Å². The number of nitro groups is 1. The highest BCUT2D eigenvalue weighted by atomic mass is 16.6. The fraction of sp³-hybridized carbons (Fsp3) is 0.243. The van der Waals surface area contributed by atoms with Crippen LogP contribution in [-0.2, 0) is 10.8 Å². The number of aromatic nitrogens is 1. The van der Waals surface area contributed by atoms with Crippen LogP contribution in [0.5, 0.6) is 11.5 Å². The molecule has 6 rings (SSSR count). The van der Waals surface area contributed by atoms with E-state index in [1.807, 2.05) is 47.6 Å². The molecule has 1 unspecified atom stereocenters. The molecule has 9 heteroatoms. The largest absolute Gasteiger partial charge is 0.507 e. The molecule has 1 aliphatic rings. The van der Waals surface area contributed by atoms with Crippen LogP contribution in [0.3, 0.4) is 0 Å². The van der Waals surface area contributed by atoms with Crippen molar-refractivity contribution in [2.45, 2.75) is 58.3 Å². The number of Topliss-reactive ketones (excluding diaryl/α,β-unsaturated/α-hetero) is 2. The van der Waals surface area contributed by atoms with E-state index in [0.29, 0.717) is 33.1 Å². The van der Waals surface area contributed by atoms with Gasteiger partial charge in [-0.1, -0.05) is 59.7 Å². The van der Waals surface area contributed by atoms with Crippen LogP contribution in [0.15, 0.2) is 72.8 Å². The van der Waals surface area contributed by atoms with Crippen LogP contribution < -0.4 is 9.72 Å². The minimum atomic E-state index is -1.19. The minimum absolute atomic E-state index is 0.127. The molecule has 1 aliphatic carbocycles. The van der Waals surface area contributed by atoms with E-state index >= 15 is 0 Å². The zero-order valence-electron chi connectivity index (χ0n) is 26.3. The molecule has 1 aromatic heterocycles. The summed E-state index contributed by atoms with van der Waals surface area (Å²) in [7, 11) is 0. The smallest absolute Gasteiger partial charge is 0.343 e. The number of pyridine rings is 1. The third-order valence-electron chi connectivity index (χ3n) is 8.49. The summed E-state index contributed by atoms with van der Waals surface area (Å²) in [5.74, 6) is -2.38. The third-order valence-corrected chi connectivity index (χ3v) is 8.49. The summed E-state index contributed by atoms with van der Waals surface area (Å²) in [4.78, 5) is 55.2. The Morgan fingerprint density at radius 1 is 0.826 bits per heavy atom. The highest BCUT2D eigenvalue weighted by Crippen LogP contribution is 2.41. The number of aromatic hydroxyl groups is 1. The van der Waals surface area contributed by atoms with Crippen LogP contribution in [0.4, 0.5) is 5.69 Å². The first-order valence-corrected chi connectivity index (χ1v) is 14.9. The van der Waals surface area contributed by atoms with Gasteiger partial charge in [0.25, 0.3) is 11.2 Å². The van der Waals surface area contributed by atoms with Gasteiger partial charge in [0.2, 0.25) is 5.75 Å². The maximum absolute atomic E-state index is 13.7. The Labute approximate surface area is 265 Å². The van der Waals surface area contributed by atoms with E-state index in [0.717, 1.165) is 0 Å². The maximum atomic E-state index is 13.7. The molecule has 0 fully saturated rings. The highest BCUT2D eigenvalue weighted by molar-refractivity contribution is 6.30. The lowest BCUT2D eigenvalue weighted by Gasteiger charge is -2.27. The Morgan fingerprint density at radius 3 is 2.02 bits per heavy atom. The number of carbonyl (C=O) groups excluding carboxylic acids is 3. The van der Waals surface area contributed by atoms with Gasteiger partial charge in [-0.2, -0.15) is 0 Å². The van der Waals surface area contributed by atoms with Gasteiger partial charge >= 0.3 is 5.97 Å². The van der Waals surface area contributed by atoms with Crippen molar-refractivity contribution in [2.75, 3.05) is 0 Å². The molecule has 1 atom stereocenters. The van der Waals surface area contributed by atoms with Gasteiger partial charge in [0.05, 0.1) is 21.3 Å². The maximum Gasteiger partial charge on any atom is 0.343 e. The van der Waals surface area contributed by atoms with Crippen LogP contribution in [0, 0.1) is 10.1 Å². The van der Waals surface area contributed by atoms with Gasteiger partial charge in [-0.25, -0.2) is 9.78 Å². The summed E-state index contributed by atoms with van der Waals surface area (Å²) in [6.45, 7) is 11.7. The van der Waals surface area contributed by atoms with Gasteiger partial charge in [-0.15, -0.1) is 0 Å². The van der Waals surface area contributed by atoms with E-state index in [4.69, 9.17) is 4.74 Å². The minimum Gasteiger partial charge on any atom is -0.507 e. The molecular weight excluding hydrogens is 584 g/mol. The molecule has 9 nitrogen and oxygen atoms in total. The van der Waals surface area contributed by atoms with Crippen molar-refractivity contribution in [1.82, 2.24) is 0 Å². The number of nitro benzene ring substituents is 1.